The molecule has 0 saturated carbocycles. The van der Waals surface area contributed by atoms with Crippen LogP contribution in [-0.2, 0) is 19.3 Å². The molecule has 0 fully saturated rings. The summed E-state index contributed by atoms with van der Waals surface area (Å²) in [6, 6.07) is 19.8. The number of carbonyl (C=O) groups is 1. The molecular formula is C29H22F3N3O2. The van der Waals surface area contributed by atoms with Crippen molar-refractivity contribution in [3.63, 3.8) is 0 Å². The van der Waals surface area contributed by atoms with Crippen LogP contribution in [0.1, 0.15) is 38.2 Å². The molecule has 0 bridgehead atoms. The number of hydrogen-bond donors (Lipinski definition) is 1. The van der Waals surface area contributed by atoms with E-state index in [9.17, 15) is 18.0 Å². The minimum Gasteiger partial charge on any atom is -0.488 e. The maximum absolute atomic E-state index is 14.2. The SMILES string of the molecule is Cc1cc(C=O)c(OCc2cncc(C#N)c2)cc1NCc1cccc(-c2ccccc2)c1C(F)(F)F. The van der Waals surface area contributed by atoms with E-state index in [2.05, 4.69) is 10.3 Å². The number of anilines is 1. The molecule has 4 rings (SSSR count). The second kappa shape index (κ2) is 11.0. The molecule has 8 heteroatoms. The zero-order chi connectivity index (χ0) is 26.4. The van der Waals surface area contributed by atoms with Crippen LogP contribution in [0.4, 0.5) is 18.9 Å². The van der Waals surface area contributed by atoms with Gasteiger partial charge in [-0.3, -0.25) is 9.78 Å². The molecule has 0 amide bonds. The highest BCUT2D eigenvalue weighted by Crippen LogP contribution is 2.40. The molecule has 0 aliphatic carbocycles. The molecular weight excluding hydrogens is 479 g/mol. The first kappa shape index (κ1) is 25.5. The highest BCUT2D eigenvalue weighted by Gasteiger charge is 2.36. The predicted molar refractivity (Wildman–Crippen MR) is 134 cm³/mol. The van der Waals surface area contributed by atoms with Gasteiger partial charge < -0.3 is 10.1 Å². The Balaban J connectivity index is 1.61. The van der Waals surface area contributed by atoms with Crippen molar-refractivity contribution >= 4 is 12.0 Å². The number of pyridine rings is 1. The Labute approximate surface area is 212 Å². The maximum Gasteiger partial charge on any atom is 0.417 e. The molecule has 186 valence electrons. The van der Waals surface area contributed by atoms with E-state index in [1.54, 1.807) is 67.7 Å². The highest BCUT2D eigenvalue weighted by atomic mass is 19.4. The number of nitriles is 1. The highest BCUT2D eigenvalue weighted by molar-refractivity contribution is 5.82. The summed E-state index contributed by atoms with van der Waals surface area (Å²) in [6.07, 6.45) is -0.926. The molecule has 3 aromatic carbocycles. The lowest BCUT2D eigenvalue weighted by Gasteiger charge is -2.19. The molecule has 0 spiro atoms. The quantitative estimate of drug-likeness (QED) is 0.265. The first-order valence-corrected chi connectivity index (χ1v) is 11.3. The Hall–Kier alpha value is -4.64. The minimum absolute atomic E-state index is 0.0587. The summed E-state index contributed by atoms with van der Waals surface area (Å²) in [5.41, 5.74) is 2.51. The molecule has 1 aromatic heterocycles. The molecule has 37 heavy (non-hydrogen) atoms. The van der Waals surface area contributed by atoms with Crippen molar-refractivity contribution in [1.29, 1.82) is 5.26 Å². The van der Waals surface area contributed by atoms with Crippen molar-refractivity contribution in [2.24, 2.45) is 0 Å². The van der Waals surface area contributed by atoms with Gasteiger partial charge in [0.15, 0.2) is 6.29 Å². The minimum atomic E-state index is -4.56. The van der Waals surface area contributed by atoms with Crippen molar-refractivity contribution in [2.75, 3.05) is 5.32 Å². The summed E-state index contributed by atoms with van der Waals surface area (Å²) in [4.78, 5) is 15.6. The van der Waals surface area contributed by atoms with E-state index in [0.29, 0.717) is 39.8 Å². The number of nitrogens with zero attached hydrogens (tertiary/aromatic N) is 2. The van der Waals surface area contributed by atoms with Gasteiger partial charge in [0.05, 0.1) is 16.7 Å². The average molecular weight is 502 g/mol. The number of aldehydes is 1. The van der Waals surface area contributed by atoms with Crippen molar-refractivity contribution in [2.45, 2.75) is 26.3 Å². The smallest absolute Gasteiger partial charge is 0.417 e. The Kier molecular flexibility index (Phi) is 7.54. The zero-order valence-electron chi connectivity index (χ0n) is 19.8. The van der Waals surface area contributed by atoms with Crippen LogP contribution in [0.5, 0.6) is 5.75 Å². The van der Waals surface area contributed by atoms with Crippen molar-refractivity contribution in [1.82, 2.24) is 4.98 Å². The van der Waals surface area contributed by atoms with Crippen molar-refractivity contribution in [3.05, 3.63) is 113 Å². The summed E-state index contributed by atoms with van der Waals surface area (Å²) in [6.45, 7) is 1.72. The number of aryl methyl sites for hydroxylation is 1. The number of ether oxygens (including phenoxy) is 1. The molecule has 5 nitrogen and oxygen atoms in total. The average Bonchev–Trinajstić information content (AvgIpc) is 2.91. The maximum atomic E-state index is 14.2. The van der Waals surface area contributed by atoms with Gasteiger partial charge in [-0.25, -0.2) is 0 Å². The van der Waals surface area contributed by atoms with Gasteiger partial charge >= 0.3 is 6.18 Å². The lowest BCUT2D eigenvalue weighted by atomic mass is 9.94. The Morgan fingerprint density at radius 3 is 2.54 bits per heavy atom. The fraction of sp³-hybridized carbons (Fsp3) is 0.138. The van der Waals surface area contributed by atoms with Crippen molar-refractivity contribution < 1.29 is 22.7 Å². The first-order chi connectivity index (χ1) is 17.8. The third kappa shape index (κ3) is 5.96. The van der Waals surface area contributed by atoms with Gasteiger partial charge in [-0.2, -0.15) is 18.4 Å². The fourth-order valence-corrected chi connectivity index (χ4v) is 4.04. The number of carbonyl (C=O) groups excluding carboxylic acids is 1. The lowest BCUT2D eigenvalue weighted by molar-refractivity contribution is -0.137. The van der Waals surface area contributed by atoms with E-state index < -0.39 is 11.7 Å². The van der Waals surface area contributed by atoms with Crippen LogP contribution in [0.15, 0.2) is 79.1 Å². The molecule has 1 N–H and O–H groups in total. The van der Waals surface area contributed by atoms with Gasteiger partial charge in [0.1, 0.15) is 18.4 Å². The molecule has 0 aliphatic rings. The lowest BCUT2D eigenvalue weighted by Crippen LogP contribution is -2.14. The van der Waals surface area contributed by atoms with E-state index in [1.807, 2.05) is 6.07 Å². The predicted octanol–water partition coefficient (Wildman–Crippen LogP) is 6.95. The van der Waals surface area contributed by atoms with Crippen LogP contribution in [0.2, 0.25) is 0 Å². The summed E-state index contributed by atoms with van der Waals surface area (Å²) in [5, 5.41) is 12.1. The number of rotatable bonds is 8. The van der Waals surface area contributed by atoms with E-state index in [4.69, 9.17) is 10.00 Å². The van der Waals surface area contributed by atoms with E-state index >= 15 is 0 Å². The van der Waals surface area contributed by atoms with Crippen LogP contribution < -0.4 is 10.1 Å². The van der Waals surface area contributed by atoms with Gasteiger partial charge in [0.2, 0.25) is 0 Å². The Bertz CT molecular complexity index is 1460. The molecule has 0 unspecified atom stereocenters. The third-order valence-corrected chi connectivity index (χ3v) is 5.79. The Morgan fingerprint density at radius 2 is 1.84 bits per heavy atom. The molecule has 4 aromatic rings. The van der Waals surface area contributed by atoms with E-state index in [-0.39, 0.29) is 30.0 Å². The molecule has 0 aliphatic heterocycles. The third-order valence-electron chi connectivity index (χ3n) is 5.79. The second-order valence-electron chi connectivity index (χ2n) is 8.36. The molecule has 1 heterocycles. The van der Waals surface area contributed by atoms with Gasteiger partial charge in [-0.15, -0.1) is 0 Å². The van der Waals surface area contributed by atoms with Crippen LogP contribution in [0.3, 0.4) is 0 Å². The van der Waals surface area contributed by atoms with Crippen LogP contribution in [-0.4, -0.2) is 11.3 Å². The summed E-state index contributed by atoms with van der Waals surface area (Å²) >= 11 is 0. The number of hydrogen-bond acceptors (Lipinski definition) is 5. The standard InChI is InChI=1S/C29H22F3N3O2/c1-19-10-24(17-36)27(37-18-21-11-20(13-33)14-34-15-21)12-26(19)35-16-23-8-5-9-25(28(23)29(30,31)32)22-6-3-2-4-7-22/h2-12,14-15,17,35H,16,18H2,1H3. The monoisotopic (exact) mass is 501 g/mol. The molecule has 0 radical (unpaired) electrons. The van der Waals surface area contributed by atoms with Crippen molar-refractivity contribution in [3.8, 4) is 22.9 Å². The number of halogens is 3. The normalized spacial score (nSPS) is 11.0. The largest absolute Gasteiger partial charge is 0.488 e. The van der Waals surface area contributed by atoms with Crippen LogP contribution in [0, 0.1) is 18.3 Å². The van der Waals surface area contributed by atoms with Gasteiger partial charge in [0.25, 0.3) is 0 Å². The topological polar surface area (TPSA) is 75.0 Å². The van der Waals surface area contributed by atoms with Gasteiger partial charge in [-0.05, 0) is 41.3 Å². The van der Waals surface area contributed by atoms with Crippen LogP contribution >= 0.6 is 0 Å². The fourth-order valence-electron chi connectivity index (χ4n) is 4.04. The summed E-state index contributed by atoms with van der Waals surface area (Å²) < 4.78 is 48.3. The number of nitrogens with one attached hydrogen (secondary N) is 1. The van der Waals surface area contributed by atoms with Crippen LogP contribution in [0.25, 0.3) is 11.1 Å². The second-order valence-corrected chi connectivity index (χ2v) is 8.36. The number of aromatic nitrogens is 1. The van der Waals surface area contributed by atoms with Gasteiger partial charge in [0, 0.05) is 36.3 Å². The number of benzene rings is 3. The molecule has 0 saturated heterocycles. The first-order valence-electron chi connectivity index (χ1n) is 11.3. The zero-order valence-corrected chi connectivity index (χ0v) is 19.8. The van der Waals surface area contributed by atoms with Gasteiger partial charge in [-0.1, -0.05) is 48.5 Å². The molecule has 0 atom stereocenters. The summed E-state index contributed by atoms with van der Waals surface area (Å²) in [5.74, 6) is 0.263. The van der Waals surface area contributed by atoms with E-state index in [1.165, 1.54) is 18.3 Å². The van der Waals surface area contributed by atoms with E-state index in [0.717, 1.165) is 0 Å². The summed E-state index contributed by atoms with van der Waals surface area (Å²) in [7, 11) is 0. The number of alkyl halides is 3. The Morgan fingerprint density at radius 1 is 1.05 bits per heavy atom.